The minimum Gasteiger partial charge on any atom is -0.393 e. The molecule has 2 aromatic rings. The van der Waals surface area contributed by atoms with E-state index >= 15 is 0 Å². The summed E-state index contributed by atoms with van der Waals surface area (Å²) in [4.78, 5) is 19.4. The smallest absolute Gasteiger partial charge is 0.267 e. The minimum absolute atomic E-state index is 0.163. The summed E-state index contributed by atoms with van der Waals surface area (Å²) < 4.78 is 0. The number of H-pyrrole nitrogens is 1. The molecular weight excluding hydrogens is 286 g/mol. The zero-order chi connectivity index (χ0) is 15.4. The number of carbonyl (C=O) groups is 1. The number of nitrogens with zero attached hydrogens (tertiary/aromatic N) is 1. The summed E-state index contributed by atoms with van der Waals surface area (Å²) in [6.45, 7) is 6.33. The number of aromatic amines is 1. The number of thiazole rings is 1. The SMILES string of the molecule is Cc1nc(-c2c[nH]c(C(=O)NCCC(O)C(C)C)c2)cs1. The van der Waals surface area contributed by atoms with Crippen LogP contribution in [0.2, 0.25) is 0 Å². The van der Waals surface area contributed by atoms with Gasteiger partial charge in [0, 0.05) is 23.7 Å². The Kier molecular flexibility index (Phi) is 5.14. The van der Waals surface area contributed by atoms with Crippen LogP contribution in [0.4, 0.5) is 0 Å². The summed E-state index contributed by atoms with van der Waals surface area (Å²) in [6, 6.07) is 1.79. The summed E-state index contributed by atoms with van der Waals surface area (Å²) >= 11 is 1.58. The molecule has 5 nitrogen and oxygen atoms in total. The highest BCUT2D eigenvalue weighted by Crippen LogP contribution is 2.22. The van der Waals surface area contributed by atoms with E-state index in [0.29, 0.717) is 18.7 Å². The molecule has 0 fully saturated rings. The molecule has 0 aliphatic rings. The van der Waals surface area contributed by atoms with Gasteiger partial charge in [-0.05, 0) is 25.3 Å². The number of rotatable bonds is 6. The Bertz CT molecular complexity index is 604. The average Bonchev–Trinajstić information content (AvgIpc) is 3.06. The topological polar surface area (TPSA) is 78.0 Å². The molecule has 2 heterocycles. The van der Waals surface area contributed by atoms with Gasteiger partial charge >= 0.3 is 0 Å². The van der Waals surface area contributed by atoms with Crippen molar-refractivity contribution in [3.63, 3.8) is 0 Å². The van der Waals surface area contributed by atoms with Crippen molar-refractivity contribution in [1.82, 2.24) is 15.3 Å². The van der Waals surface area contributed by atoms with Gasteiger partial charge in [0.15, 0.2) is 0 Å². The van der Waals surface area contributed by atoms with E-state index in [2.05, 4.69) is 15.3 Å². The molecular formula is C15H21N3O2S. The Labute approximate surface area is 128 Å². The Hall–Kier alpha value is -1.66. The van der Waals surface area contributed by atoms with E-state index in [-0.39, 0.29) is 17.9 Å². The zero-order valence-corrected chi connectivity index (χ0v) is 13.3. The molecule has 0 saturated heterocycles. The van der Waals surface area contributed by atoms with E-state index in [1.165, 1.54) is 0 Å². The van der Waals surface area contributed by atoms with Crippen LogP contribution in [0, 0.1) is 12.8 Å². The summed E-state index contributed by atoms with van der Waals surface area (Å²) in [5, 5.41) is 15.5. The molecule has 2 rings (SSSR count). The second-order valence-corrected chi connectivity index (χ2v) is 6.47. The lowest BCUT2D eigenvalue weighted by Crippen LogP contribution is -2.28. The first-order chi connectivity index (χ1) is 9.97. The lowest BCUT2D eigenvalue weighted by molar-refractivity contribution is 0.0916. The van der Waals surface area contributed by atoms with Crippen molar-refractivity contribution in [3.05, 3.63) is 28.3 Å². The van der Waals surface area contributed by atoms with Gasteiger partial charge in [0.1, 0.15) is 5.69 Å². The van der Waals surface area contributed by atoms with Crippen molar-refractivity contribution in [2.24, 2.45) is 5.92 Å². The average molecular weight is 307 g/mol. The molecule has 0 aliphatic carbocycles. The van der Waals surface area contributed by atoms with Crippen LogP contribution in [-0.4, -0.2) is 33.6 Å². The quantitative estimate of drug-likeness (QED) is 0.767. The molecule has 1 unspecified atom stereocenters. The van der Waals surface area contributed by atoms with Crippen LogP contribution >= 0.6 is 11.3 Å². The van der Waals surface area contributed by atoms with E-state index in [1.54, 1.807) is 23.6 Å². The summed E-state index contributed by atoms with van der Waals surface area (Å²) in [6.07, 6.45) is 1.96. The molecule has 0 spiro atoms. The lowest BCUT2D eigenvalue weighted by atomic mass is 10.0. The fraction of sp³-hybridized carbons (Fsp3) is 0.467. The zero-order valence-electron chi connectivity index (χ0n) is 12.5. The van der Waals surface area contributed by atoms with Crippen LogP contribution in [0.25, 0.3) is 11.3 Å². The van der Waals surface area contributed by atoms with Gasteiger partial charge in [-0.2, -0.15) is 0 Å². The molecule has 6 heteroatoms. The predicted octanol–water partition coefficient (Wildman–Crippen LogP) is 2.58. The van der Waals surface area contributed by atoms with Crippen molar-refractivity contribution in [2.75, 3.05) is 6.54 Å². The highest BCUT2D eigenvalue weighted by molar-refractivity contribution is 7.09. The largest absolute Gasteiger partial charge is 0.393 e. The summed E-state index contributed by atoms with van der Waals surface area (Å²) in [7, 11) is 0. The second-order valence-electron chi connectivity index (χ2n) is 5.41. The first-order valence-electron chi connectivity index (χ1n) is 7.04. The molecule has 1 atom stereocenters. The van der Waals surface area contributed by atoms with Crippen molar-refractivity contribution in [1.29, 1.82) is 0 Å². The third kappa shape index (κ3) is 4.15. The van der Waals surface area contributed by atoms with E-state index in [1.807, 2.05) is 26.2 Å². The normalized spacial score (nSPS) is 12.6. The maximum atomic E-state index is 12.0. The van der Waals surface area contributed by atoms with Crippen molar-refractivity contribution < 1.29 is 9.90 Å². The Morgan fingerprint density at radius 3 is 2.90 bits per heavy atom. The molecule has 2 aromatic heterocycles. The van der Waals surface area contributed by atoms with Gasteiger partial charge in [0.2, 0.25) is 0 Å². The summed E-state index contributed by atoms with van der Waals surface area (Å²) in [5.41, 5.74) is 2.30. The lowest BCUT2D eigenvalue weighted by Gasteiger charge is -2.14. The molecule has 0 radical (unpaired) electrons. The van der Waals surface area contributed by atoms with Gasteiger partial charge in [0.25, 0.3) is 5.91 Å². The minimum atomic E-state index is -0.387. The number of amides is 1. The number of carbonyl (C=O) groups excluding carboxylic acids is 1. The molecule has 0 saturated carbocycles. The second kappa shape index (κ2) is 6.87. The Morgan fingerprint density at radius 1 is 1.52 bits per heavy atom. The van der Waals surface area contributed by atoms with Crippen LogP contribution < -0.4 is 5.32 Å². The van der Waals surface area contributed by atoms with Crippen LogP contribution in [0.3, 0.4) is 0 Å². The van der Waals surface area contributed by atoms with Crippen LogP contribution in [-0.2, 0) is 0 Å². The number of hydrogen-bond acceptors (Lipinski definition) is 4. The number of hydrogen-bond donors (Lipinski definition) is 3. The third-order valence-electron chi connectivity index (χ3n) is 3.34. The van der Waals surface area contributed by atoms with Gasteiger partial charge in [-0.3, -0.25) is 4.79 Å². The molecule has 0 aromatic carbocycles. The van der Waals surface area contributed by atoms with E-state index < -0.39 is 0 Å². The van der Waals surface area contributed by atoms with Crippen LogP contribution in [0.5, 0.6) is 0 Å². The third-order valence-corrected chi connectivity index (χ3v) is 4.11. The van der Waals surface area contributed by atoms with Gasteiger partial charge in [-0.1, -0.05) is 13.8 Å². The van der Waals surface area contributed by atoms with Gasteiger partial charge in [-0.25, -0.2) is 4.98 Å². The number of aliphatic hydroxyl groups is 1. The monoisotopic (exact) mass is 307 g/mol. The van der Waals surface area contributed by atoms with Gasteiger partial charge in [-0.15, -0.1) is 11.3 Å². The van der Waals surface area contributed by atoms with Crippen molar-refractivity contribution in [3.8, 4) is 11.3 Å². The standard InChI is InChI=1S/C15H21N3O2S/c1-9(2)14(19)4-5-16-15(20)12-6-11(7-17-12)13-8-21-10(3)18-13/h6-9,14,17,19H,4-5H2,1-3H3,(H,16,20). The number of aromatic nitrogens is 2. The first-order valence-corrected chi connectivity index (χ1v) is 7.92. The number of aliphatic hydroxyl groups excluding tert-OH is 1. The molecule has 1 amide bonds. The van der Waals surface area contributed by atoms with E-state index in [9.17, 15) is 9.90 Å². The number of nitrogens with one attached hydrogen (secondary N) is 2. The highest BCUT2D eigenvalue weighted by atomic mass is 32.1. The Morgan fingerprint density at radius 2 is 2.29 bits per heavy atom. The molecule has 0 bridgehead atoms. The molecule has 3 N–H and O–H groups in total. The fourth-order valence-electron chi connectivity index (χ4n) is 1.93. The van der Waals surface area contributed by atoms with Gasteiger partial charge in [0.05, 0.1) is 16.8 Å². The van der Waals surface area contributed by atoms with E-state index in [0.717, 1.165) is 16.3 Å². The van der Waals surface area contributed by atoms with Crippen LogP contribution in [0.1, 0.15) is 35.8 Å². The molecule has 114 valence electrons. The first kappa shape index (κ1) is 15.7. The maximum Gasteiger partial charge on any atom is 0.267 e. The van der Waals surface area contributed by atoms with Crippen molar-refractivity contribution in [2.45, 2.75) is 33.3 Å². The maximum absolute atomic E-state index is 12.0. The van der Waals surface area contributed by atoms with E-state index in [4.69, 9.17) is 0 Å². The van der Waals surface area contributed by atoms with Crippen molar-refractivity contribution >= 4 is 17.2 Å². The fourth-order valence-corrected chi connectivity index (χ4v) is 2.55. The molecule has 21 heavy (non-hydrogen) atoms. The van der Waals surface area contributed by atoms with Crippen LogP contribution in [0.15, 0.2) is 17.6 Å². The molecule has 0 aliphatic heterocycles. The Balaban J connectivity index is 1.90. The highest BCUT2D eigenvalue weighted by Gasteiger charge is 2.13. The summed E-state index contributed by atoms with van der Waals surface area (Å²) in [5.74, 6) is 0.0380. The van der Waals surface area contributed by atoms with Gasteiger partial charge < -0.3 is 15.4 Å². The predicted molar refractivity (Wildman–Crippen MR) is 84.4 cm³/mol. The number of aryl methyl sites for hydroxylation is 1.